The van der Waals surface area contributed by atoms with Crippen LogP contribution in [0.15, 0.2) is 0 Å². The summed E-state index contributed by atoms with van der Waals surface area (Å²) in [5, 5.41) is 0. The highest BCUT2D eigenvalue weighted by molar-refractivity contribution is 7.90. The first-order valence-corrected chi connectivity index (χ1v) is 8.90. The van der Waals surface area contributed by atoms with Crippen LogP contribution in [0.1, 0.15) is 38.5 Å². The Kier molecular flexibility index (Phi) is 6.27. The molecule has 3 atom stereocenters. The highest BCUT2D eigenvalue weighted by atomic mass is 32.2. The predicted molar refractivity (Wildman–Crippen MR) is 71.6 cm³/mol. The third-order valence-electron chi connectivity index (χ3n) is 3.99. The molecule has 0 aromatic carbocycles. The van der Waals surface area contributed by atoms with Crippen molar-refractivity contribution in [3.8, 4) is 0 Å². The fourth-order valence-electron chi connectivity index (χ4n) is 2.91. The van der Waals surface area contributed by atoms with Gasteiger partial charge in [-0.2, -0.15) is 13.2 Å². The standard InChI is InChI=1S/C12H23F3N2O2S/c1-20(18,19)7-3-6-11(17-16)9-4-2-5-10(8-9)12(13,14)15/h9-11,17H,2-8,16H2,1H3. The maximum absolute atomic E-state index is 12.8. The van der Waals surface area contributed by atoms with Crippen molar-refractivity contribution in [3.63, 3.8) is 0 Å². The number of nitrogens with two attached hydrogens (primary N) is 1. The average Bonchev–Trinajstić information content (AvgIpc) is 2.32. The van der Waals surface area contributed by atoms with Crippen molar-refractivity contribution in [2.45, 2.75) is 50.7 Å². The van der Waals surface area contributed by atoms with E-state index in [1.54, 1.807) is 0 Å². The molecule has 0 amide bonds. The molecule has 3 unspecified atom stereocenters. The minimum Gasteiger partial charge on any atom is -0.271 e. The number of hydrogen-bond donors (Lipinski definition) is 2. The van der Waals surface area contributed by atoms with Crippen LogP contribution >= 0.6 is 0 Å². The van der Waals surface area contributed by atoms with Gasteiger partial charge in [-0.3, -0.25) is 11.3 Å². The zero-order valence-corrected chi connectivity index (χ0v) is 12.4. The Bertz CT molecular complexity index is 398. The molecule has 0 aromatic heterocycles. The van der Waals surface area contributed by atoms with Gasteiger partial charge in [0.25, 0.3) is 0 Å². The van der Waals surface area contributed by atoms with Crippen LogP contribution in [0.3, 0.4) is 0 Å². The molecule has 120 valence electrons. The van der Waals surface area contributed by atoms with Crippen molar-refractivity contribution in [1.29, 1.82) is 0 Å². The van der Waals surface area contributed by atoms with Crippen LogP contribution in [0.5, 0.6) is 0 Å². The first kappa shape index (κ1) is 17.7. The van der Waals surface area contributed by atoms with E-state index in [0.29, 0.717) is 25.7 Å². The maximum atomic E-state index is 12.8. The minimum atomic E-state index is -4.15. The fraction of sp³-hybridized carbons (Fsp3) is 1.00. The van der Waals surface area contributed by atoms with Gasteiger partial charge in [-0.05, 0) is 38.0 Å². The molecule has 0 heterocycles. The Morgan fingerprint density at radius 2 is 2.00 bits per heavy atom. The van der Waals surface area contributed by atoms with E-state index in [2.05, 4.69) is 5.43 Å². The van der Waals surface area contributed by atoms with Gasteiger partial charge in [-0.15, -0.1) is 0 Å². The molecule has 0 aliphatic heterocycles. The van der Waals surface area contributed by atoms with Crippen LogP contribution in [0.4, 0.5) is 13.2 Å². The van der Waals surface area contributed by atoms with Gasteiger partial charge < -0.3 is 0 Å². The highest BCUT2D eigenvalue weighted by Crippen LogP contribution is 2.41. The lowest BCUT2D eigenvalue weighted by atomic mass is 9.76. The Morgan fingerprint density at radius 3 is 2.50 bits per heavy atom. The van der Waals surface area contributed by atoms with Crippen molar-refractivity contribution < 1.29 is 21.6 Å². The second-order valence-corrected chi connectivity index (χ2v) is 7.97. The first-order chi connectivity index (χ1) is 9.13. The monoisotopic (exact) mass is 316 g/mol. The van der Waals surface area contributed by atoms with Crippen LogP contribution in [-0.2, 0) is 9.84 Å². The van der Waals surface area contributed by atoms with E-state index in [1.165, 1.54) is 0 Å². The molecule has 3 N–H and O–H groups in total. The molecule has 20 heavy (non-hydrogen) atoms. The molecule has 1 aliphatic carbocycles. The summed E-state index contributed by atoms with van der Waals surface area (Å²) >= 11 is 0. The summed E-state index contributed by atoms with van der Waals surface area (Å²) in [7, 11) is -3.04. The van der Waals surface area contributed by atoms with Gasteiger partial charge in [0.15, 0.2) is 0 Å². The van der Waals surface area contributed by atoms with Gasteiger partial charge in [0, 0.05) is 18.1 Å². The summed E-state index contributed by atoms with van der Waals surface area (Å²) in [5.74, 6) is 4.07. The number of halogens is 3. The molecule has 0 saturated heterocycles. The second kappa shape index (κ2) is 7.09. The van der Waals surface area contributed by atoms with Crippen molar-refractivity contribution in [3.05, 3.63) is 0 Å². The van der Waals surface area contributed by atoms with Crippen LogP contribution in [0.25, 0.3) is 0 Å². The molecule has 1 aliphatic rings. The number of hydrogen-bond acceptors (Lipinski definition) is 4. The van der Waals surface area contributed by atoms with E-state index < -0.39 is 21.9 Å². The van der Waals surface area contributed by atoms with E-state index in [9.17, 15) is 21.6 Å². The lowest BCUT2D eigenvalue weighted by Gasteiger charge is -2.35. The van der Waals surface area contributed by atoms with E-state index in [-0.39, 0.29) is 30.6 Å². The molecule has 1 rings (SSSR count). The van der Waals surface area contributed by atoms with Crippen molar-refractivity contribution >= 4 is 9.84 Å². The molecule has 8 heteroatoms. The normalized spacial score (nSPS) is 26.4. The van der Waals surface area contributed by atoms with E-state index >= 15 is 0 Å². The van der Waals surface area contributed by atoms with Crippen molar-refractivity contribution in [2.24, 2.45) is 17.7 Å². The number of sulfone groups is 1. The van der Waals surface area contributed by atoms with Crippen LogP contribution < -0.4 is 11.3 Å². The summed E-state index contributed by atoms with van der Waals surface area (Å²) in [5.41, 5.74) is 2.57. The Labute approximate surface area is 118 Å². The molecular weight excluding hydrogens is 293 g/mol. The maximum Gasteiger partial charge on any atom is 0.391 e. The Morgan fingerprint density at radius 1 is 1.35 bits per heavy atom. The highest BCUT2D eigenvalue weighted by Gasteiger charge is 2.43. The zero-order valence-electron chi connectivity index (χ0n) is 11.6. The second-order valence-electron chi connectivity index (χ2n) is 5.71. The molecule has 0 spiro atoms. The van der Waals surface area contributed by atoms with Crippen LogP contribution in [0, 0.1) is 11.8 Å². The number of rotatable bonds is 6. The lowest BCUT2D eigenvalue weighted by molar-refractivity contribution is -0.186. The van der Waals surface area contributed by atoms with E-state index in [1.807, 2.05) is 0 Å². The van der Waals surface area contributed by atoms with Crippen LogP contribution in [0.2, 0.25) is 0 Å². The number of hydrazine groups is 1. The zero-order chi connectivity index (χ0) is 15.4. The molecule has 0 bridgehead atoms. The molecule has 1 saturated carbocycles. The largest absolute Gasteiger partial charge is 0.391 e. The fourth-order valence-corrected chi connectivity index (χ4v) is 3.60. The molecule has 1 fully saturated rings. The van der Waals surface area contributed by atoms with Gasteiger partial charge in [0.2, 0.25) is 0 Å². The Hall–Kier alpha value is -0.340. The van der Waals surface area contributed by atoms with E-state index in [4.69, 9.17) is 5.84 Å². The third kappa shape index (κ3) is 5.97. The van der Waals surface area contributed by atoms with Gasteiger partial charge in [0.05, 0.1) is 5.92 Å². The predicted octanol–water partition coefficient (Wildman–Crippen LogP) is 2.01. The van der Waals surface area contributed by atoms with Crippen molar-refractivity contribution in [1.82, 2.24) is 5.43 Å². The SMILES string of the molecule is CS(=O)(=O)CCCC(NN)C1CCCC(C(F)(F)F)C1. The van der Waals surface area contributed by atoms with E-state index in [0.717, 1.165) is 6.26 Å². The van der Waals surface area contributed by atoms with Crippen LogP contribution in [-0.4, -0.2) is 32.6 Å². The average molecular weight is 316 g/mol. The van der Waals surface area contributed by atoms with Crippen molar-refractivity contribution in [2.75, 3.05) is 12.0 Å². The molecular formula is C12H23F3N2O2S. The summed E-state index contributed by atoms with van der Waals surface area (Å²) < 4.78 is 60.4. The number of alkyl halides is 3. The molecule has 0 aromatic rings. The summed E-state index contributed by atoms with van der Waals surface area (Å²) in [6, 6.07) is -0.248. The van der Waals surface area contributed by atoms with Gasteiger partial charge in [0.1, 0.15) is 9.84 Å². The smallest absolute Gasteiger partial charge is 0.271 e. The minimum absolute atomic E-state index is 0.0423. The first-order valence-electron chi connectivity index (χ1n) is 6.84. The molecule has 0 radical (unpaired) electrons. The Balaban J connectivity index is 2.52. The summed E-state index contributed by atoms with van der Waals surface area (Å²) in [4.78, 5) is 0. The molecule has 4 nitrogen and oxygen atoms in total. The third-order valence-corrected chi connectivity index (χ3v) is 5.02. The summed E-state index contributed by atoms with van der Waals surface area (Å²) in [6.07, 6.45) is -0.584. The topological polar surface area (TPSA) is 72.2 Å². The van der Waals surface area contributed by atoms with Gasteiger partial charge in [-0.1, -0.05) is 6.42 Å². The van der Waals surface area contributed by atoms with Gasteiger partial charge >= 0.3 is 6.18 Å². The van der Waals surface area contributed by atoms with Gasteiger partial charge in [-0.25, -0.2) is 8.42 Å². The lowest BCUT2D eigenvalue weighted by Crippen LogP contribution is -2.44. The summed E-state index contributed by atoms with van der Waals surface area (Å²) in [6.45, 7) is 0. The quantitative estimate of drug-likeness (QED) is 0.581. The number of nitrogens with one attached hydrogen (secondary N) is 1.